The maximum absolute atomic E-state index is 12.0. The monoisotopic (exact) mass is 326 g/mol. The molecule has 1 atom stereocenters. The van der Waals surface area contributed by atoms with E-state index in [9.17, 15) is 4.79 Å². The van der Waals surface area contributed by atoms with Crippen LogP contribution < -0.4 is 4.90 Å². The normalized spacial score (nSPS) is 21.5. The van der Waals surface area contributed by atoms with Crippen LogP contribution in [0.1, 0.15) is 28.4 Å². The van der Waals surface area contributed by atoms with Gasteiger partial charge in [0.05, 0.1) is 12.7 Å². The van der Waals surface area contributed by atoms with Crippen LogP contribution in [0.25, 0.3) is 11.1 Å². The van der Waals surface area contributed by atoms with Gasteiger partial charge >= 0.3 is 0 Å². The van der Waals surface area contributed by atoms with Crippen molar-refractivity contribution in [2.45, 2.75) is 6.92 Å². The molecule has 2 nitrogen and oxygen atoms in total. The van der Waals surface area contributed by atoms with Crippen molar-refractivity contribution in [1.29, 1.82) is 0 Å². The third-order valence-electron chi connectivity index (χ3n) is 4.79. The van der Waals surface area contributed by atoms with Crippen LogP contribution in [0.5, 0.6) is 0 Å². The van der Waals surface area contributed by atoms with Crippen molar-refractivity contribution in [2.75, 3.05) is 6.54 Å². The molecule has 1 aliphatic heterocycles. The van der Waals surface area contributed by atoms with Crippen LogP contribution in [-0.2, 0) is 0 Å². The summed E-state index contributed by atoms with van der Waals surface area (Å²) in [6, 6.07) is 16.3. The number of benzene rings is 2. The van der Waals surface area contributed by atoms with Gasteiger partial charge in [-0.2, -0.15) is 0 Å². The highest BCUT2D eigenvalue weighted by molar-refractivity contribution is 6.12. The highest BCUT2D eigenvalue weighted by atomic mass is 16.1. The second-order valence-corrected chi connectivity index (χ2v) is 6.24. The highest BCUT2D eigenvalue weighted by Gasteiger charge is 2.19. The Bertz CT molecular complexity index is 960. The molecule has 0 fully saturated rings. The van der Waals surface area contributed by atoms with Gasteiger partial charge in [-0.05, 0) is 41.9 Å². The lowest BCUT2D eigenvalue weighted by molar-refractivity contribution is -0.773. The van der Waals surface area contributed by atoms with Crippen LogP contribution in [0.2, 0.25) is 0 Å². The van der Waals surface area contributed by atoms with Gasteiger partial charge in [-0.15, -0.1) is 0 Å². The van der Waals surface area contributed by atoms with Crippen molar-refractivity contribution in [1.82, 2.24) is 0 Å². The number of ketones is 1. The van der Waals surface area contributed by atoms with E-state index >= 15 is 0 Å². The Morgan fingerprint density at radius 2 is 1.44 bits per heavy atom. The molecule has 25 heavy (non-hydrogen) atoms. The van der Waals surface area contributed by atoms with Gasteiger partial charge in [-0.1, -0.05) is 54.6 Å². The number of carbonyl (C=O) groups excluding carboxylic acids is 1. The smallest absolute Gasteiger partial charge is 0.186 e. The lowest BCUT2D eigenvalue weighted by Gasteiger charge is -2.20. The zero-order valence-electron chi connectivity index (χ0n) is 14.2. The van der Waals surface area contributed by atoms with E-state index in [1.165, 1.54) is 21.7 Å². The standard InChI is InChI=1S/C23H19NO/c1-2-24-16-15-18(20-8-5-6-10-22(20)24)12-11-17-13-14-23(25)21-9-4-3-7-19(17)21/h3-16H,2H2,1H3/p+1. The topological polar surface area (TPSA) is 21.5 Å². The number of hydrogen-bond acceptors (Lipinski definition) is 1. The van der Waals surface area contributed by atoms with Gasteiger partial charge in [0.1, 0.15) is 5.69 Å². The van der Waals surface area contributed by atoms with Crippen molar-refractivity contribution in [2.24, 2.45) is 0 Å². The number of hydrogen-bond donors (Lipinski definition) is 1. The van der Waals surface area contributed by atoms with Gasteiger partial charge < -0.3 is 0 Å². The van der Waals surface area contributed by atoms with Crippen LogP contribution in [0.15, 0.2) is 85.1 Å². The van der Waals surface area contributed by atoms with Gasteiger partial charge in [0.25, 0.3) is 0 Å². The fourth-order valence-electron chi connectivity index (χ4n) is 3.46. The summed E-state index contributed by atoms with van der Waals surface area (Å²) in [7, 11) is 0. The molecule has 2 aromatic rings. The van der Waals surface area contributed by atoms with Crippen LogP contribution >= 0.6 is 0 Å². The SMILES string of the molecule is CC[NH+]1C=CC(=CC=C2C=CC(=O)c3ccccc32)c2ccccc21. The van der Waals surface area contributed by atoms with Crippen LogP contribution in [-0.4, -0.2) is 12.3 Å². The maximum atomic E-state index is 12.0. The second kappa shape index (κ2) is 6.50. The lowest BCUT2D eigenvalue weighted by Crippen LogP contribution is -3.02. The van der Waals surface area contributed by atoms with Crippen molar-refractivity contribution >= 4 is 22.6 Å². The molecule has 2 aliphatic rings. The second-order valence-electron chi connectivity index (χ2n) is 6.24. The molecule has 0 saturated heterocycles. The molecule has 0 saturated carbocycles. The summed E-state index contributed by atoms with van der Waals surface area (Å²) in [5.41, 5.74) is 6.62. The Labute approximate surface area is 148 Å². The molecular formula is C23H20NO+. The Balaban J connectivity index is 1.77. The molecule has 2 heteroatoms. The quantitative estimate of drug-likeness (QED) is 0.886. The largest absolute Gasteiger partial charge is 0.289 e. The molecule has 0 bridgehead atoms. The summed E-state index contributed by atoms with van der Waals surface area (Å²) in [6.07, 6.45) is 12.2. The minimum Gasteiger partial charge on any atom is -0.289 e. The molecule has 1 heterocycles. The van der Waals surface area contributed by atoms with Gasteiger partial charge in [0.15, 0.2) is 5.78 Å². The van der Waals surface area contributed by atoms with E-state index in [2.05, 4.69) is 55.6 Å². The van der Waals surface area contributed by atoms with E-state index in [1.807, 2.05) is 30.3 Å². The van der Waals surface area contributed by atoms with Gasteiger partial charge in [-0.3, -0.25) is 9.69 Å². The van der Waals surface area contributed by atoms with E-state index in [-0.39, 0.29) is 5.78 Å². The summed E-state index contributed by atoms with van der Waals surface area (Å²) < 4.78 is 0. The molecule has 1 aliphatic carbocycles. The molecular weight excluding hydrogens is 306 g/mol. The summed E-state index contributed by atoms with van der Waals surface area (Å²) in [5.74, 6) is 0.0745. The number of para-hydroxylation sites is 1. The minimum atomic E-state index is 0.0745. The fraction of sp³-hybridized carbons (Fsp3) is 0.0870. The molecule has 0 amide bonds. The molecule has 1 unspecified atom stereocenters. The van der Waals surface area contributed by atoms with Crippen molar-refractivity contribution in [3.05, 3.63) is 102 Å². The Morgan fingerprint density at radius 1 is 0.800 bits per heavy atom. The van der Waals surface area contributed by atoms with Crippen LogP contribution in [0.4, 0.5) is 5.69 Å². The molecule has 0 aromatic heterocycles. The highest BCUT2D eigenvalue weighted by Crippen LogP contribution is 2.28. The number of rotatable bonds is 2. The number of fused-ring (bicyclic) bond motifs is 2. The summed E-state index contributed by atoms with van der Waals surface area (Å²) in [4.78, 5) is 13.4. The first-order valence-electron chi connectivity index (χ1n) is 8.65. The van der Waals surface area contributed by atoms with Crippen LogP contribution in [0, 0.1) is 0 Å². The molecule has 0 radical (unpaired) electrons. The number of allylic oxidation sites excluding steroid dienone is 7. The Morgan fingerprint density at radius 3 is 2.20 bits per heavy atom. The molecule has 2 aromatic carbocycles. The lowest BCUT2D eigenvalue weighted by atomic mass is 9.91. The van der Waals surface area contributed by atoms with Crippen molar-refractivity contribution < 1.29 is 9.69 Å². The average molecular weight is 326 g/mol. The van der Waals surface area contributed by atoms with E-state index in [0.29, 0.717) is 0 Å². The predicted molar refractivity (Wildman–Crippen MR) is 103 cm³/mol. The minimum absolute atomic E-state index is 0.0745. The third kappa shape index (κ3) is 2.81. The molecule has 122 valence electrons. The first-order valence-corrected chi connectivity index (χ1v) is 8.65. The number of quaternary nitrogens is 1. The number of carbonyl (C=O) groups is 1. The summed E-state index contributed by atoms with van der Waals surface area (Å²) >= 11 is 0. The molecule has 0 spiro atoms. The van der Waals surface area contributed by atoms with Crippen molar-refractivity contribution in [3.8, 4) is 0 Å². The molecule has 4 rings (SSSR count). The maximum Gasteiger partial charge on any atom is 0.186 e. The first kappa shape index (κ1) is 15.6. The molecule has 1 N–H and O–H groups in total. The summed E-state index contributed by atoms with van der Waals surface area (Å²) in [5, 5.41) is 0. The van der Waals surface area contributed by atoms with Gasteiger partial charge in [0.2, 0.25) is 0 Å². The van der Waals surface area contributed by atoms with Crippen LogP contribution in [0.3, 0.4) is 0 Å². The van der Waals surface area contributed by atoms with Crippen molar-refractivity contribution in [3.63, 3.8) is 0 Å². The zero-order valence-corrected chi connectivity index (χ0v) is 14.2. The Hall–Kier alpha value is -2.97. The van der Waals surface area contributed by atoms with Gasteiger partial charge in [-0.25, -0.2) is 0 Å². The van der Waals surface area contributed by atoms with E-state index < -0.39 is 0 Å². The first-order chi connectivity index (χ1) is 12.3. The summed E-state index contributed by atoms with van der Waals surface area (Å²) in [6.45, 7) is 3.22. The Kier molecular flexibility index (Phi) is 4.04. The van der Waals surface area contributed by atoms with E-state index in [0.717, 1.165) is 23.2 Å². The average Bonchev–Trinajstić information content (AvgIpc) is 2.67. The fourth-order valence-corrected chi connectivity index (χ4v) is 3.46. The predicted octanol–water partition coefficient (Wildman–Crippen LogP) is 3.97. The van der Waals surface area contributed by atoms with E-state index in [1.54, 1.807) is 6.08 Å². The van der Waals surface area contributed by atoms with Gasteiger partial charge in [0, 0.05) is 17.2 Å². The van der Waals surface area contributed by atoms with E-state index in [4.69, 9.17) is 0 Å². The zero-order chi connectivity index (χ0) is 17.2. The number of nitrogens with one attached hydrogen (secondary N) is 1. The third-order valence-corrected chi connectivity index (χ3v) is 4.79.